The largest absolute Gasteiger partial charge is 0.300 e. The number of rotatable bonds is 3. The van der Waals surface area contributed by atoms with E-state index in [1.165, 1.54) is 0 Å². The van der Waals surface area contributed by atoms with Gasteiger partial charge in [-0.1, -0.05) is 6.08 Å². The van der Waals surface area contributed by atoms with Crippen LogP contribution >= 0.6 is 0 Å². The van der Waals surface area contributed by atoms with Crippen molar-refractivity contribution < 1.29 is 0 Å². The van der Waals surface area contributed by atoms with Gasteiger partial charge in [0.25, 0.3) is 0 Å². The Morgan fingerprint density at radius 3 is 2.86 bits per heavy atom. The van der Waals surface area contributed by atoms with E-state index in [2.05, 4.69) is 36.4 Å². The first-order valence-electron chi connectivity index (χ1n) is 5.11. The van der Waals surface area contributed by atoms with Crippen LogP contribution in [0, 0.1) is 11.3 Å². The molecule has 0 bridgehead atoms. The maximum absolute atomic E-state index is 8.70. The highest BCUT2D eigenvalue weighted by molar-refractivity contribution is 4.92. The summed E-state index contributed by atoms with van der Waals surface area (Å²) in [6.07, 6.45) is 2.56. The van der Waals surface area contributed by atoms with Crippen molar-refractivity contribution in [2.24, 2.45) is 0 Å². The van der Waals surface area contributed by atoms with Gasteiger partial charge in [0.2, 0.25) is 0 Å². The highest BCUT2D eigenvalue weighted by Crippen LogP contribution is 2.15. The van der Waals surface area contributed by atoms with Crippen LogP contribution in [0.2, 0.25) is 0 Å². The van der Waals surface area contributed by atoms with Gasteiger partial charge in [-0.2, -0.15) is 5.26 Å². The molecule has 0 N–H and O–H groups in total. The van der Waals surface area contributed by atoms with Crippen molar-refractivity contribution in [3.63, 3.8) is 0 Å². The third-order valence-electron chi connectivity index (χ3n) is 2.93. The molecule has 1 fully saturated rings. The van der Waals surface area contributed by atoms with Crippen molar-refractivity contribution in [2.75, 3.05) is 26.7 Å². The Morgan fingerprint density at radius 2 is 2.29 bits per heavy atom. The van der Waals surface area contributed by atoms with Crippen LogP contribution in [0.3, 0.4) is 0 Å². The van der Waals surface area contributed by atoms with Gasteiger partial charge in [0, 0.05) is 31.7 Å². The van der Waals surface area contributed by atoms with E-state index in [4.69, 9.17) is 5.26 Å². The SMILES string of the molecule is C=CCN1CC(CC#N)N(C)CC1C. The van der Waals surface area contributed by atoms with Gasteiger partial charge < -0.3 is 0 Å². The normalized spacial score (nSPS) is 29.8. The molecule has 0 aliphatic carbocycles. The van der Waals surface area contributed by atoms with Gasteiger partial charge in [0.15, 0.2) is 0 Å². The zero-order valence-corrected chi connectivity index (χ0v) is 9.11. The number of nitrogens with zero attached hydrogens (tertiary/aromatic N) is 3. The number of nitriles is 1. The van der Waals surface area contributed by atoms with Gasteiger partial charge in [0.05, 0.1) is 12.5 Å². The van der Waals surface area contributed by atoms with Crippen molar-refractivity contribution in [1.29, 1.82) is 5.26 Å². The lowest BCUT2D eigenvalue weighted by Gasteiger charge is -2.42. The molecule has 1 saturated heterocycles. The van der Waals surface area contributed by atoms with Crippen molar-refractivity contribution in [3.8, 4) is 6.07 Å². The zero-order valence-electron chi connectivity index (χ0n) is 9.11. The molecular formula is C11H19N3. The van der Waals surface area contributed by atoms with Crippen LogP contribution in [0.1, 0.15) is 13.3 Å². The molecule has 1 rings (SSSR count). The fourth-order valence-electron chi connectivity index (χ4n) is 2.02. The summed E-state index contributed by atoms with van der Waals surface area (Å²) in [5.74, 6) is 0. The van der Waals surface area contributed by atoms with Gasteiger partial charge in [0.1, 0.15) is 0 Å². The Balaban J connectivity index is 2.56. The number of piperazine rings is 1. The van der Waals surface area contributed by atoms with Gasteiger partial charge in [-0.05, 0) is 14.0 Å². The summed E-state index contributed by atoms with van der Waals surface area (Å²) in [6, 6.07) is 3.20. The lowest BCUT2D eigenvalue weighted by Crippen LogP contribution is -2.55. The number of hydrogen-bond acceptors (Lipinski definition) is 3. The zero-order chi connectivity index (χ0) is 10.6. The Kier molecular flexibility index (Phi) is 4.12. The van der Waals surface area contributed by atoms with Crippen LogP contribution in [0.5, 0.6) is 0 Å². The first-order chi connectivity index (χ1) is 6.69. The van der Waals surface area contributed by atoms with Gasteiger partial charge in [-0.3, -0.25) is 9.80 Å². The molecule has 3 nitrogen and oxygen atoms in total. The van der Waals surface area contributed by atoms with Gasteiger partial charge in [-0.15, -0.1) is 6.58 Å². The molecular weight excluding hydrogens is 174 g/mol. The van der Waals surface area contributed by atoms with E-state index >= 15 is 0 Å². The molecule has 0 aromatic carbocycles. The van der Waals surface area contributed by atoms with Crippen LogP contribution in [-0.2, 0) is 0 Å². The predicted octanol–water partition coefficient (Wildman–Crippen LogP) is 1.09. The first kappa shape index (κ1) is 11.2. The van der Waals surface area contributed by atoms with E-state index in [0.29, 0.717) is 18.5 Å². The van der Waals surface area contributed by atoms with E-state index in [9.17, 15) is 0 Å². The fourth-order valence-corrected chi connectivity index (χ4v) is 2.02. The molecule has 1 heterocycles. The quantitative estimate of drug-likeness (QED) is 0.629. The standard InChI is InChI=1S/C11H19N3/c1-4-7-14-9-11(5-6-12)13(3)8-10(14)2/h4,10-11H,1,5,7-9H2,2-3H3. The van der Waals surface area contributed by atoms with Crippen molar-refractivity contribution in [1.82, 2.24) is 9.80 Å². The summed E-state index contributed by atoms with van der Waals surface area (Å²) in [6.45, 7) is 8.94. The Hall–Kier alpha value is -0.850. The first-order valence-corrected chi connectivity index (χ1v) is 5.11. The summed E-state index contributed by atoms with van der Waals surface area (Å²) < 4.78 is 0. The average molecular weight is 193 g/mol. The van der Waals surface area contributed by atoms with E-state index in [1.807, 2.05) is 6.08 Å². The number of likely N-dealkylation sites (N-methyl/N-ethyl adjacent to an activating group) is 1. The molecule has 0 aromatic heterocycles. The molecule has 14 heavy (non-hydrogen) atoms. The third kappa shape index (κ3) is 2.57. The monoisotopic (exact) mass is 193 g/mol. The molecule has 0 aromatic rings. The molecule has 0 amide bonds. The number of hydrogen-bond donors (Lipinski definition) is 0. The lowest BCUT2D eigenvalue weighted by atomic mass is 10.1. The maximum Gasteiger partial charge on any atom is 0.0638 e. The van der Waals surface area contributed by atoms with E-state index < -0.39 is 0 Å². The molecule has 0 spiro atoms. The molecule has 3 heteroatoms. The Labute approximate surface area is 86.6 Å². The van der Waals surface area contributed by atoms with E-state index in [1.54, 1.807) is 0 Å². The van der Waals surface area contributed by atoms with Crippen LogP contribution in [0.25, 0.3) is 0 Å². The summed E-state index contributed by atoms with van der Waals surface area (Å²) in [4.78, 5) is 4.67. The smallest absolute Gasteiger partial charge is 0.0638 e. The second-order valence-electron chi connectivity index (χ2n) is 4.05. The van der Waals surface area contributed by atoms with Crippen LogP contribution < -0.4 is 0 Å². The topological polar surface area (TPSA) is 30.3 Å². The van der Waals surface area contributed by atoms with Gasteiger partial charge >= 0.3 is 0 Å². The summed E-state index contributed by atoms with van der Waals surface area (Å²) in [5.41, 5.74) is 0. The highest BCUT2D eigenvalue weighted by atomic mass is 15.3. The average Bonchev–Trinajstić information content (AvgIpc) is 2.14. The third-order valence-corrected chi connectivity index (χ3v) is 2.93. The molecule has 0 radical (unpaired) electrons. The fraction of sp³-hybridized carbons (Fsp3) is 0.727. The molecule has 2 atom stereocenters. The Morgan fingerprint density at radius 1 is 1.57 bits per heavy atom. The summed E-state index contributed by atoms with van der Waals surface area (Å²) in [7, 11) is 2.10. The second kappa shape index (κ2) is 5.14. The maximum atomic E-state index is 8.70. The van der Waals surface area contributed by atoms with Crippen LogP contribution in [0.15, 0.2) is 12.7 Å². The molecule has 78 valence electrons. The summed E-state index contributed by atoms with van der Waals surface area (Å²) in [5, 5.41) is 8.70. The predicted molar refractivity (Wildman–Crippen MR) is 57.9 cm³/mol. The molecule has 0 saturated carbocycles. The minimum Gasteiger partial charge on any atom is -0.300 e. The second-order valence-corrected chi connectivity index (χ2v) is 4.05. The van der Waals surface area contributed by atoms with Crippen molar-refractivity contribution >= 4 is 0 Å². The van der Waals surface area contributed by atoms with Crippen LogP contribution in [0.4, 0.5) is 0 Å². The minimum atomic E-state index is 0.385. The van der Waals surface area contributed by atoms with Crippen LogP contribution in [-0.4, -0.2) is 48.6 Å². The van der Waals surface area contributed by atoms with E-state index in [-0.39, 0.29) is 0 Å². The molecule has 1 aliphatic heterocycles. The van der Waals surface area contributed by atoms with E-state index in [0.717, 1.165) is 19.6 Å². The molecule has 2 unspecified atom stereocenters. The van der Waals surface area contributed by atoms with Crippen molar-refractivity contribution in [3.05, 3.63) is 12.7 Å². The minimum absolute atomic E-state index is 0.385. The van der Waals surface area contributed by atoms with Gasteiger partial charge in [-0.25, -0.2) is 0 Å². The highest BCUT2D eigenvalue weighted by Gasteiger charge is 2.27. The lowest BCUT2D eigenvalue weighted by molar-refractivity contribution is 0.0629. The Bertz CT molecular complexity index is 231. The summed E-state index contributed by atoms with van der Waals surface area (Å²) >= 11 is 0. The molecule has 1 aliphatic rings. The van der Waals surface area contributed by atoms with Crippen molar-refractivity contribution in [2.45, 2.75) is 25.4 Å².